The number of ether oxygens (including phenoxy) is 1. The lowest BCUT2D eigenvalue weighted by Crippen LogP contribution is -2.22. The first-order valence-electron chi connectivity index (χ1n) is 8.10. The lowest BCUT2D eigenvalue weighted by Gasteiger charge is -2.09. The highest BCUT2D eigenvalue weighted by Crippen LogP contribution is 2.22. The second kappa shape index (κ2) is 7.33. The summed E-state index contributed by atoms with van der Waals surface area (Å²) in [5.41, 5.74) is 3.07. The fourth-order valence-electron chi connectivity index (χ4n) is 2.55. The Hall–Kier alpha value is -3.25. The molecule has 0 unspecified atom stereocenters. The SMILES string of the molecule is O=C(NCc1cccc(Oc2ccccc2)c1)c1ccc2nsnc2c1. The van der Waals surface area contributed by atoms with E-state index < -0.39 is 0 Å². The molecule has 4 rings (SSSR count). The van der Waals surface area contributed by atoms with Crippen molar-refractivity contribution in [1.82, 2.24) is 14.1 Å². The van der Waals surface area contributed by atoms with Crippen LogP contribution in [0.25, 0.3) is 11.0 Å². The van der Waals surface area contributed by atoms with Crippen LogP contribution in [0.4, 0.5) is 0 Å². The summed E-state index contributed by atoms with van der Waals surface area (Å²) in [5.74, 6) is 1.37. The molecule has 0 aliphatic rings. The van der Waals surface area contributed by atoms with Crippen LogP contribution >= 0.6 is 11.7 Å². The van der Waals surface area contributed by atoms with Crippen LogP contribution in [0.3, 0.4) is 0 Å². The first-order valence-corrected chi connectivity index (χ1v) is 8.83. The Labute approximate surface area is 154 Å². The summed E-state index contributed by atoms with van der Waals surface area (Å²) < 4.78 is 14.1. The molecule has 0 bridgehead atoms. The fourth-order valence-corrected chi connectivity index (χ4v) is 3.07. The molecule has 0 aliphatic heterocycles. The molecule has 1 heterocycles. The van der Waals surface area contributed by atoms with Gasteiger partial charge in [0.2, 0.25) is 0 Å². The van der Waals surface area contributed by atoms with Crippen LogP contribution in [0.5, 0.6) is 11.5 Å². The highest BCUT2D eigenvalue weighted by Gasteiger charge is 2.08. The molecule has 26 heavy (non-hydrogen) atoms. The van der Waals surface area contributed by atoms with E-state index in [1.165, 1.54) is 0 Å². The second-order valence-corrected chi connectivity index (χ2v) is 6.24. The van der Waals surface area contributed by atoms with Gasteiger partial charge in [-0.1, -0.05) is 30.3 Å². The van der Waals surface area contributed by atoms with E-state index in [0.717, 1.165) is 39.8 Å². The lowest BCUT2D eigenvalue weighted by atomic mass is 10.1. The van der Waals surface area contributed by atoms with Gasteiger partial charge >= 0.3 is 0 Å². The molecule has 4 aromatic rings. The van der Waals surface area contributed by atoms with Crippen molar-refractivity contribution in [3.63, 3.8) is 0 Å². The van der Waals surface area contributed by atoms with Crippen LogP contribution in [0, 0.1) is 0 Å². The molecule has 6 heteroatoms. The van der Waals surface area contributed by atoms with E-state index in [4.69, 9.17) is 4.74 Å². The number of carbonyl (C=O) groups excluding carboxylic acids is 1. The molecule has 5 nitrogen and oxygen atoms in total. The number of benzene rings is 3. The van der Waals surface area contributed by atoms with Crippen LogP contribution in [0.15, 0.2) is 72.8 Å². The fraction of sp³-hybridized carbons (Fsp3) is 0.0500. The number of aromatic nitrogens is 2. The Morgan fingerprint density at radius 2 is 1.69 bits per heavy atom. The highest BCUT2D eigenvalue weighted by molar-refractivity contribution is 7.00. The zero-order valence-corrected chi connectivity index (χ0v) is 14.6. The quantitative estimate of drug-likeness (QED) is 0.572. The zero-order valence-electron chi connectivity index (χ0n) is 13.8. The number of carbonyl (C=O) groups is 1. The Morgan fingerprint density at radius 3 is 2.58 bits per heavy atom. The summed E-state index contributed by atoms with van der Waals surface area (Å²) in [5, 5.41) is 2.92. The number of para-hydroxylation sites is 1. The molecular formula is C20H15N3O2S. The number of fused-ring (bicyclic) bond motifs is 1. The van der Waals surface area contributed by atoms with Gasteiger partial charge in [0.1, 0.15) is 22.5 Å². The van der Waals surface area contributed by atoms with E-state index >= 15 is 0 Å². The third-order valence-electron chi connectivity index (χ3n) is 3.85. The average Bonchev–Trinajstić information content (AvgIpc) is 3.15. The molecule has 0 saturated carbocycles. The van der Waals surface area contributed by atoms with Gasteiger partial charge in [-0.15, -0.1) is 0 Å². The first-order chi connectivity index (χ1) is 12.8. The molecule has 0 radical (unpaired) electrons. The molecule has 128 valence electrons. The molecule has 0 saturated heterocycles. The van der Waals surface area contributed by atoms with Crippen molar-refractivity contribution >= 4 is 28.7 Å². The van der Waals surface area contributed by atoms with Crippen LogP contribution in [0.1, 0.15) is 15.9 Å². The third kappa shape index (κ3) is 3.70. The maximum atomic E-state index is 12.4. The number of nitrogens with zero attached hydrogens (tertiary/aromatic N) is 2. The van der Waals surface area contributed by atoms with Crippen molar-refractivity contribution < 1.29 is 9.53 Å². The summed E-state index contributed by atoms with van der Waals surface area (Å²) in [7, 11) is 0. The van der Waals surface area contributed by atoms with Crippen LogP contribution in [-0.4, -0.2) is 14.7 Å². The Kier molecular flexibility index (Phi) is 4.57. The summed E-state index contributed by atoms with van der Waals surface area (Å²) in [4.78, 5) is 12.4. The zero-order chi connectivity index (χ0) is 17.8. The Balaban J connectivity index is 1.42. The Morgan fingerprint density at radius 1 is 0.885 bits per heavy atom. The maximum Gasteiger partial charge on any atom is 0.251 e. The molecule has 1 aromatic heterocycles. The lowest BCUT2D eigenvalue weighted by molar-refractivity contribution is 0.0951. The van der Waals surface area contributed by atoms with Gasteiger partial charge in [-0.25, -0.2) is 0 Å². The normalized spacial score (nSPS) is 10.6. The molecule has 1 amide bonds. The monoisotopic (exact) mass is 361 g/mol. The standard InChI is InChI=1S/C20H15N3O2S/c24-20(15-9-10-18-19(12-15)23-26-22-18)21-13-14-5-4-8-17(11-14)25-16-6-2-1-3-7-16/h1-12H,13H2,(H,21,24). The first kappa shape index (κ1) is 16.2. The van der Waals surface area contributed by atoms with Gasteiger partial charge in [-0.2, -0.15) is 8.75 Å². The van der Waals surface area contributed by atoms with E-state index in [0.29, 0.717) is 12.1 Å². The van der Waals surface area contributed by atoms with E-state index in [1.807, 2.05) is 60.7 Å². The van der Waals surface area contributed by atoms with E-state index in [2.05, 4.69) is 14.1 Å². The predicted octanol–water partition coefficient (Wildman–Crippen LogP) is 4.41. The van der Waals surface area contributed by atoms with Crippen LogP contribution in [-0.2, 0) is 6.54 Å². The molecule has 1 N–H and O–H groups in total. The minimum atomic E-state index is -0.144. The minimum absolute atomic E-state index is 0.144. The van der Waals surface area contributed by atoms with Gasteiger partial charge in [-0.3, -0.25) is 4.79 Å². The summed E-state index contributed by atoms with van der Waals surface area (Å²) >= 11 is 1.14. The Bertz CT molecular complexity index is 1050. The van der Waals surface area contributed by atoms with Crippen molar-refractivity contribution in [2.45, 2.75) is 6.54 Å². The summed E-state index contributed by atoms with van der Waals surface area (Å²) in [6, 6.07) is 22.6. The van der Waals surface area contributed by atoms with Gasteiger partial charge < -0.3 is 10.1 Å². The average molecular weight is 361 g/mol. The smallest absolute Gasteiger partial charge is 0.251 e. The molecule has 3 aromatic carbocycles. The molecule has 0 spiro atoms. The molecule has 0 fully saturated rings. The van der Waals surface area contributed by atoms with E-state index in [1.54, 1.807) is 12.1 Å². The van der Waals surface area contributed by atoms with Gasteiger partial charge in [0.15, 0.2) is 0 Å². The van der Waals surface area contributed by atoms with Gasteiger partial charge in [-0.05, 0) is 48.0 Å². The largest absolute Gasteiger partial charge is 0.457 e. The van der Waals surface area contributed by atoms with Crippen molar-refractivity contribution in [3.8, 4) is 11.5 Å². The number of amides is 1. The van der Waals surface area contributed by atoms with E-state index in [-0.39, 0.29) is 5.91 Å². The topological polar surface area (TPSA) is 64.1 Å². The molecule has 0 aliphatic carbocycles. The van der Waals surface area contributed by atoms with Crippen molar-refractivity contribution in [3.05, 3.63) is 83.9 Å². The summed E-state index contributed by atoms with van der Waals surface area (Å²) in [6.45, 7) is 0.415. The number of rotatable bonds is 5. The van der Waals surface area contributed by atoms with Crippen molar-refractivity contribution in [2.75, 3.05) is 0 Å². The van der Waals surface area contributed by atoms with Gasteiger partial charge in [0, 0.05) is 12.1 Å². The number of hydrogen-bond acceptors (Lipinski definition) is 5. The number of hydrogen-bond donors (Lipinski definition) is 1. The van der Waals surface area contributed by atoms with Gasteiger partial charge in [0.25, 0.3) is 5.91 Å². The summed E-state index contributed by atoms with van der Waals surface area (Å²) in [6.07, 6.45) is 0. The minimum Gasteiger partial charge on any atom is -0.457 e. The van der Waals surface area contributed by atoms with Crippen LogP contribution < -0.4 is 10.1 Å². The highest BCUT2D eigenvalue weighted by atomic mass is 32.1. The van der Waals surface area contributed by atoms with E-state index in [9.17, 15) is 4.79 Å². The van der Waals surface area contributed by atoms with Crippen LogP contribution in [0.2, 0.25) is 0 Å². The second-order valence-electron chi connectivity index (χ2n) is 5.71. The third-order valence-corrected chi connectivity index (χ3v) is 4.40. The number of nitrogens with one attached hydrogen (secondary N) is 1. The predicted molar refractivity (Wildman–Crippen MR) is 102 cm³/mol. The maximum absolute atomic E-state index is 12.4. The van der Waals surface area contributed by atoms with Gasteiger partial charge in [0.05, 0.1) is 11.7 Å². The van der Waals surface area contributed by atoms with Crippen molar-refractivity contribution in [2.24, 2.45) is 0 Å². The molecule has 0 atom stereocenters. The van der Waals surface area contributed by atoms with Crippen molar-refractivity contribution in [1.29, 1.82) is 0 Å². The molecular weight excluding hydrogens is 346 g/mol.